The molecule has 90 valence electrons. The van der Waals surface area contributed by atoms with Crippen LogP contribution in [0.5, 0.6) is 0 Å². The van der Waals surface area contributed by atoms with E-state index in [9.17, 15) is 4.79 Å². The first-order valence-electron chi connectivity index (χ1n) is 4.79. The van der Waals surface area contributed by atoms with Crippen molar-refractivity contribution in [3.63, 3.8) is 0 Å². The van der Waals surface area contributed by atoms with Crippen LogP contribution in [0.3, 0.4) is 0 Å². The second-order valence-corrected chi connectivity index (χ2v) is 3.96. The predicted molar refractivity (Wildman–Crippen MR) is 69.8 cm³/mol. The lowest BCUT2D eigenvalue weighted by Gasteiger charge is -2.01. The summed E-state index contributed by atoms with van der Waals surface area (Å²) in [6.45, 7) is 0. The van der Waals surface area contributed by atoms with Crippen LogP contribution in [-0.2, 0) is 14.4 Å². The molecule has 1 aromatic rings. The molecule has 0 atom stereocenters. The number of carbonyl (C=O) groups excluding carboxylic acids is 1. The van der Waals surface area contributed by atoms with Crippen LogP contribution in [0, 0.1) is 0 Å². The van der Waals surface area contributed by atoms with E-state index in [1.165, 1.54) is 20.3 Å². The number of benzene rings is 1. The molecule has 0 heterocycles. The summed E-state index contributed by atoms with van der Waals surface area (Å²) in [7, 11) is 2.81. The van der Waals surface area contributed by atoms with Crippen LogP contribution in [0.4, 0.5) is 0 Å². The van der Waals surface area contributed by atoms with Crippen LogP contribution >= 0.6 is 15.9 Å². The molecule has 0 saturated carbocycles. The van der Waals surface area contributed by atoms with Gasteiger partial charge in [0.25, 0.3) is 0 Å². The molecular weight excluding hydrogens is 286 g/mol. The molecule has 0 bridgehead atoms. The molecule has 1 aromatic carbocycles. The minimum atomic E-state index is -0.403. The zero-order chi connectivity index (χ0) is 12.7. The Labute approximate surface area is 108 Å². The lowest BCUT2D eigenvalue weighted by Crippen LogP contribution is -1.94. The van der Waals surface area contributed by atoms with Crippen molar-refractivity contribution in [3.8, 4) is 0 Å². The first-order valence-corrected chi connectivity index (χ1v) is 5.58. The van der Waals surface area contributed by atoms with Gasteiger partial charge in [-0.25, -0.2) is 4.79 Å². The second-order valence-electron chi connectivity index (χ2n) is 3.05. The monoisotopic (exact) mass is 297 g/mol. The van der Waals surface area contributed by atoms with Crippen molar-refractivity contribution in [2.75, 3.05) is 14.2 Å². The van der Waals surface area contributed by atoms with Gasteiger partial charge in [-0.1, -0.05) is 27.2 Å². The van der Waals surface area contributed by atoms with Gasteiger partial charge in [-0.05, 0) is 23.8 Å². The number of hydrogen-bond acceptors (Lipinski definition) is 4. The van der Waals surface area contributed by atoms with Crippen molar-refractivity contribution < 1.29 is 14.4 Å². The van der Waals surface area contributed by atoms with Crippen LogP contribution in [0.25, 0.3) is 6.08 Å². The van der Waals surface area contributed by atoms with Crippen molar-refractivity contribution in [1.82, 2.24) is 0 Å². The van der Waals surface area contributed by atoms with E-state index in [0.29, 0.717) is 0 Å². The third-order valence-electron chi connectivity index (χ3n) is 1.95. The van der Waals surface area contributed by atoms with E-state index in [2.05, 4.69) is 30.7 Å². The highest BCUT2D eigenvalue weighted by Crippen LogP contribution is 2.17. The average molecular weight is 298 g/mol. The minimum absolute atomic E-state index is 0.403. The van der Waals surface area contributed by atoms with Gasteiger partial charge in [-0.2, -0.15) is 0 Å². The third-order valence-corrected chi connectivity index (χ3v) is 2.44. The van der Waals surface area contributed by atoms with E-state index in [1.54, 1.807) is 12.3 Å². The van der Waals surface area contributed by atoms with Crippen LogP contribution in [0.2, 0.25) is 0 Å². The molecule has 5 heteroatoms. The quantitative estimate of drug-likeness (QED) is 0.371. The Kier molecular flexibility index (Phi) is 5.42. The van der Waals surface area contributed by atoms with Crippen molar-refractivity contribution in [2.24, 2.45) is 5.16 Å². The van der Waals surface area contributed by atoms with Gasteiger partial charge in [0.1, 0.15) is 7.11 Å². The third kappa shape index (κ3) is 4.40. The molecule has 0 radical (unpaired) electrons. The van der Waals surface area contributed by atoms with Gasteiger partial charge in [0.2, 0.25) is 0 Å². The Morgan fingerprint density at radius 1 is 1.35 bits per heavy atom. The fraction of sp³-hybridized carbons (Fsp3) is 0.167. The van der Waals surface area contributed by atoms with Gasteiger partial charge < -0.3 is 9.57 Å². The summed E-state index contributed by atoms with van der Waals surface area (Å²) in [6, 6.07) is 5.62. The number of esters is 1. The smallest absolute Gasteiger partial charge is 0.330 e. The summed E-state index contributed by atoms with van der Waals surface area (Å²) in [5.74, 6) is -0.403. The minimum Gasteiger partial charge on any atom is -0.466 e. The number of methoxy groups -OCH3 is 1. The zero-order valence-corrected chi connectivity index (χ0v) is 11.1. The lowest BCUT2D eigenvalue weighted by molar-refractivity contribution is -0.134. The van der Waals surface area contributed by atoms with Crippen molar-refractivity contribution >= 4 is 34.2 Å². The Hall–Kier alpha value is -1.62. The van der Waals surface area contributed by atoms with Gasteiger partial charge in [0.15, 0.2) is 0 Å². The highest BCUT2D eigenvalue weighted by atomic mass is 79.9. The molecule has 0 amide bonds. The summed E-state index contributed by atoms with van der Waals surface area (Å²) < 4.78 is 5.44. The van der Waals surface area contributed by atoms with E-state index < -0.39 is 5.97 Å². The van der Waals surface area contributed by atoms with Gasteiger partial charge in [-0.3, -0.25) is 0 Å². The molecule has 0 aliphatic carbocycles. The summed E-state index contributed by atoms with van der Waals surface area (Å²) >= 11 is 3.36. The molecule has 0 aliphatic rings. The van der Waals surface area contributed by atoms with Crippen LogP contribution in [0.15, 0.2) is 33.9 Å². The molecule has 0 unspecified atom stereocenters. The Balaban J connectivity index is 3.02. The highest BCUT2D eigenvalue weighted by Gasteiger charge is 2.00. The maximum absolute atomic E-state index is 11.0. The number of ether oxygens (including phenoxy) is 1. The zero-order valence-electron chi connectivity index (χ0n) is 9.51. The number of hydrogen-bond donors (Lipinski definition) is 0. The van der Waals surface area contributed by atoms with Gasteiger partial charge in [-0.15, -0.1) is 0 Å². The van der Waals surface area contributed by atoms with Crippen LogP contribution < -0.4 is 0 Å². The van der Waals surface area contributed by atoms with Gasteiger partial charge in [0, 0.05) is 16.1 Å². The molecule has 0 spiro atoms. The second kappa shape index (κ2) is 6.85. The SMILES string of the molecule is CO/N=C/c1ccc(Br)cc1/C=C/C(=O)OC. The number of carbonyl (C=O) groups is 1. The van der Waals surface area contributed by atoms with E-state index in [1.807, 2.05) is 18.2 Å². The summed E-state index contributed by atoms with van der Waals surface area (Å²) in [4.78, 5) is 15.6. The Bertz CT molecular complexity index is 455. The summed E-state index contributed by atoms with van der Waals surface area (Å²) in [5, 5.41) is 3.69. The number of oxime groups is 1. The van der Waals surface area contributed by atoms with E-state index in [-0.39, 0.29) is 0 Å². The Morgan fingerprint density at radius 3 is 2.76 bits per heavy atom. The van der Waals surface area contributed by atoms with E-state index in [0.717, 1.165) is 15.6 Å². The van der Waals surface area contributed by atoms with Gasteiger partial charge >= 0.3 is 5.97 Å². The molecule has 0 N–H and O–H groups in total. The molecule has 0 saturated heterocycles. The summed E-state index contributed by atoms with van der Waals surface area (Å²) in [6.07, 6.45) is 4.59. The van der Waals surface area contributed by atoms with Crippen molar-refractivity contribution in [2.45, 2.75) is 0 Å². The average Bonchev–Trinajstić information content (AvgIpc) is 2.34. The topological polar surface area (TPSA) is 47.9 Å². The van der Waals surface area contributed by atoms with Crippen LogP contribution in [-0.4, -0.2) is 26.4 Å². The predicted octanol–water partition coefficient (Wildman–Crippen LogP) is 2.62. The number of nitrogens with zero attached hydrogens (tertiary/aromatic N) is 1. The largest absolute Gasteiger partial charge is 0.466 e. The number of halogens is 1. The Morgan fingerprint density at radius 2 is 2.12 bits per heavy atom. The first-order chi connectivity index (χ1) is 8.17. The van der Waals surface area contributed by atoms with E-state index >= 15 is 0 Å². The first kappa shape index (κ1) is 13.4. The molecule has 1 rings (SSSR count). The van der Waals surface area contributed by atoms with Crippen molar-refractivity contribution in [1.29, 1.82) is 0 Å². The lowest BCUT2D eigenvalue weighted by atomic mass is 10.1. The van der Waals surface area contributed by atoms with Crippen molar-refractivity contribution in [3.05, 3.63) is 39.9 Å². The van der Waals surface area contributed by atoms with Crippen LogP contribution in [0.1, 0.15) is 11.1 Å². The van der Waals surface area contributed by atoms with E-state index in [4.69, 9.17) is 0 Å². The maximum atomic E-state index is 11.0. The molecule has 0 fully saturated rings. The van der Waals surface area contributed by atoms with Gasteiger partial charge in [0.05, 0.1) is 13.3 Å². The molecule has 17 heavy (non-hydrogen) atoms. The molecule has 0 aromatic heterocycles. The normalized spacial score (nSPS) is 11.0. The fourth-order valence-corrected chi connectivity index (χ4v) is 1.52. The molecule has 0 aliphatic heterocycles. The standard InChI is InChI=1S/C12H12BrNO3/c1-16-12(15)6-4-9-7-11(13)5-3-10(9)8-14-17-2/h3-8H,1-2H3/b6-4+,14-8+. The number of rotatable bonds is 4. The highest BCUT2D eigenvalue weighted by molar-refractivity contribution is 9.10. The maximum Gasteiger partial charge on any atom is 0.330 e. The molecule has 4 nitrogen and oxygen atoms in total. The fourth-order valence-electron chi connectivity index (χ4n) is 1.14. The molecular formula is C12H12BrNO3. The summed E-state index contributed by atoms with van der Waals surface area (Å²) in [5.41, 5.74) is 1.68.